The smallest absolute Gasteiger partial charge is 0.0615 e. The van der Waals surface area contributed by atoms with Gasteiger partial charge in [-0.15, -0.1) is 0 Å². The van der Waals surface area contributed by atoms with E-state index in [-0.39, 0.29) is 0 Å². The average Bonchev–Trinajstić information content (AvgIpc) is 2.64. The Morgan fingerprint density at radius 2 is 2.46 bits per heavy atom. The third-order valence-electron chi connectivity index (χ3n) is 2.58. The van der Waals surface area contributed by atoms with Gasteiger partial charge in [0.05, 0.1) is 13.2 Å². The molecule has 2 unspecified atom stereocenters. The fourth-order valence-corrected chi connectivity index (χ4v) is 1.60. The summed E-state index contributed by atoms with van der Waals surface area (Å²) in [7, 11) is 1.75. The molecule has 0 radical (unpaired) electrons. The van der Waals surface area contributed by atoms with Crippen molar-refractivity contribution in [3.05, 3.63) is 0 Å². The van der Waals surface area contributed by atoms with E-state index in [0.717, 1.165) is 32.8 Å². The van der Waals surface area contributed by atoms with Crippen LogP contribution < -0.4 is 5.32 Å². The molecule has 0 aromatic heterocycles. The van der Waals surface area contributed by atoms with Crippen LogP contribution >= 0.6 is 0 Å². The second-order valence-corrected chi connectivity index (χ2v) is 3.70. The van der Waals surface area contributed by atoms with Crippen molar-refractivity contribution in [3.8, 4) is 0 Å². The molecule has 2 atom stereocenters. The maximum absolute atomic E-state index is 5.31. The van der Waals surface area contributed by atoms with E-state index in [1.54, 1.807) is 7.11 Å². The van der Waals surface area contributed by atoms with Crippen LogP contribution in [0.25, 0.3) is 0 Å². The van der Waals surface area contributed by atoms with Crippen molar-refractivity contribution >= 4 is 0 Å². The summed E-state index contributed by atoms with van der Waals surface area (Å²) in [6.45, 7) is 5.93. The first kappa shape index (κ1) is 11.0. The van der Waals surface area contributed by atoms with Crippen LogP contribution in [0.2, 0.25) is 0 Å². The number of ether oxygens (including phenoxy) is 2. The van der Waals surface area contributed by atoms with Crippen LogP contribution in [0.5, 0.6) is 0 Å². The average molecular weight is 187 g/mol. The fraction of sp³-hybridized carbons (Fsp3) is 1.00. The van der Waals surface area contributed by atoms with Gasteiger partial charge in [0.2, 0.25) is 0 Å². The molecule has 0 amide bonds. The van der Waals surface area contributed by atoms with Gasteiger partial charge in [0.1, 0.15) is 0 Å². The molecule has 0 bridgehead atoms. The summed E-state index contributed by atoms with van der Waals surface area (Å²) in [5, 5.41) is 3.51. The Morgan fingerprint density at radius 3 is 3.00 bits per heavy atom. The zero-order valence-electron chi connectivity index (χ0n) is 8.71. The normalized spacial score (nSPS) is 24.9. The molecule has 1 N–H and O–H groups in total. The van der Waals surface area contributed by atoms with E-state index in [1.165, 1.54) is 6.42 Å². The monoisotopic (exact) mass is 187 g/mol. The van der Waals surface area contributed by atoms with E-state index in [1.807, 2.05) is 0 Å². The van der Waals surface area contributed by atoms with Crippen molar-refractivity contribution < 1.29 is 9.47 Å². The SMILES string of the molecule is CCC(COC)NCC1CCOC1. The Kier molecular flexibility index (Phi) is 5.35. The molecule has 1 saturated heterocycles. The van der Waals surface area contributed by atoms with Crippen LogP contribution in [-0.4, -0.2) is 39.5 Å². The molecule has 3 heteroatoms. The van der Waals surface area contributed by atoms with E-state index >= 15 is 0 Å². The third-order valence-corrected chi connectivity index (χ3v) is 2.58. The molecule has 0 spiro atoms. The molecular weight excluding hydrogens is 166 g/mol. The van der Waals surface area contributed by atoms with Gasteiger partial charge in [-0.1, -0.05) is 6.92 Å². The van der Waals surface area contributed by atoms with Gasteiger partial charge in [0.15, 0.2) is 0 Å². The zero-order valence-corrected chi connectivity index (χ0v) is 8.71. The van der Waals surface area contributed by atoms with Crippen LogP contribution in [0.4, 0.5) is 0 Å². The molecule has 0 aromatic carbocycles. The minimum absolute atomic E-state index is 0.505. The molecule has 13 heavy (non-hydrogen) atoms. The fourth-order valence-electron chi connectivity index (χ4n) is 1.60. The maximum Gasteiger partial charge on any atom is 0.0615 e. The van der Waals surface area contributed by atoms with Gasteiger partial charge >= 0.3 is 0 Å². The van der Waals surface area contributed by atoms with Gasteiger partial charge in [0.25, 0.3) is 0 Å². The predicted molar refractivity (Wildman–Crippen MR) is 52.9 cm³/mol. The highest BCUT2D eigenvalue weighted by atomic mass is 16.5. The lowest BCUT2D eigenvalue weighted by atomic mass is 10.1. The third kappa shape index (κ3) is 4.07. The van der Waals surface area contributed by atoms with Crippen LogP contribution in [-0.2, 0) is 9.47 Å². The Morgan fingerprint density at radius 1 is 1.62 bits per heavy atom. The van der Waals surface area contributed by atoms with Gasteiger partial charge in [-0.25, -0.2) is 0 Å². The summed E-state index contributed by atoms with van der Waals surface area (Å²) in [5.74, 6) is 0.714. The highest BCUT2D eigenvalue weighted by Gasteiger charge is 2.16. The summed E-state index contributed by atoms with van der Waals surface area (Å²) in [6, 6.07) is 0.505. The van der Waals surface area contributed by atoms with E-state index in [4.69, 9.17) is 9.47 Å². The number of rotatable bonds is 6. The van der Waals surface area contributed by atoms with Crippen molar-refractivity contribution in [2.75, 3.05) is 33.5 Å². The summed E-state index contributed by atoms with van der Waals surface area (Å²) in [6.07, 6.45) is 2.33. The number of hydrogen-bond donors (Lipinski definition) is 1. The maximum atomic E-state index is 5.31. The second kappa shape index (κ2) is 6.35. The van der Waals surface area contributed by atoms with E-state index < -0.39 is 0 Å². The topological polar surface area (TPSA) is 30.5 Å². The molecule has 0 aromatic rings. The van der Waals surface area contributed by atoms with Crippen molar-refractivity contribution in [1.29, 1.82) is 0 Å². The highest BCUT2D eigenvalue weighted by Crippen LogP contribution is 2.11. The molecule has 1 rings (SSSR count). The van der Waals surface area contributed by atoms with E-state index in [0.29, 0.717) is 12.0 Å². The molecule has 0 aliphatic carbocycles. The molecule has 78 valence electrons. The Bertz CT molecular complexity index is 124. The Hall–Kier alpha value is -0.120. The second-order valence-electron chi connectivity index (χ2n) is 3.70. The predicted octanol–water partition coefficient (Wildman–Crippen LogP) is 1.04. The molecular formula is C10H21NO2. The van der Waals surface area contributed by atoms with Gasteiger partial charge in [-0.2, -0.15) is 0 Å². The van der Waals surface area contributed by atoms with E-state index in [9.17, 15) is 0 Å². The lowest BCUT2D eigenvalue weighted by molar-refractivity contribution is 0.157. The van der Waals surface area contributed by atoms with Gasteiger partial charge in [-0.3, -0.25) is 0 Å². The molecule has 3 nitrogen and oxygen atoms in total. The molecule has 1 fully saturated rings. The van der Waals surface area contributed by atoms with Crippen molar-refractivity contribution in [3.63, 3.8) is 0 Å². The first-order valence-electron chi connectivity index (χ1n) is 5.16. The summed E-state index contributed by atoms with van der Waals surface area (Å²) in [4.78, 5) is 0. The minimum atomic E-state index is 0.505. The van der Waals surface area contributed by atoms with Crippen molar-refractivity contribution in [2.24, 2.45) is 5.92 Å². The summed E-state index contributed by atoms with van der Waals surface area (Å²) < 4.78 is 10.4. The molecule has 1 heterocycles. The minimum Gasteiger partial charge on any atom is -0.383 e. The zero-order chi connectivity index (χ0) is 9.52. The van der Waals surface area contributed by atoms with Gasteiger partial charge in [-0.05, 0) is 18.8 Å². The lowest BCUT2D eigenvalue weighted by Crippen LogP contribution is -2.36. The number of hydrogen-bond acceptors (Lipinski definition) is 3. The molecule has 1 aliphatic heterocycles. The van der Waals surface area contributed by atoms with Crippen molar-refractivity contribution in [1.82, 2.24) is 5.32 Å². The number of methoxy groups -OCH3 is 1. The Balaban J connectivity index is 2.07. The van der Waals surface area contributed by atoms with Crippen LogP contribution in [0.15, 0.2) is 0 Å². The summed E-state index contributed by atoms with van der Waals surface area (Å²) in [5.41, 5.74) is 0. The van der Waals surface area contributed by atoms with Crippen LogP contribution in [0.1, 0.15) is 19.8 Å². The van der Waals surface area contributed by atoms with Gasteiger partial charge in [0, 0.05) is 26.3 Å². The van der Waals surface area contributed by atoms with E-state index in [2.05, 4.69) is 12.2 Å². The highest BCUT2D eigenvalue weighted by molar-refractivity contribution is 4.71. The molecule has 0 saturated carbocycles. The van der Waals surface area contributed by atoms with Crippen LogP contribution in [0.3, 0.4) is 0 Å². The quantitative estimate of drug-likeness (QED) is 0.674. The molecule has 1 aliphatic rings. The Labute approximate surface area is 80.8 Å². The van der Waals surface area contributed by atoms with Gasteiger partial charge < -0.3 is 14.8 Å². The first-order chi connectivity index (χ1) is 6.36. The van der Waals surface area contributed by atoms with Crippen molar-refractivity contribution in [2.45, 2.75) is 25.8 Å². The largest absolute Gasteiger partial charge is 0.383 e. The number of nitrogens with one attached hydrogen (secondary N) is 1. The first-order valence-corrected chi connectivity index (χ1v) is 5.16. The standard InChI is InChI=1S/C10H21NO2/c1-3-10(8-12-2)11-6-9-4-5-13-7-9/h9-11H,3-8H2,1-2H3. The lowest BCUT2D eigenvalue weighted by Gasteiger charge is -2.17. The van der Waals surface area contributed by atoms with Crippen LogP contribution in [0, 0.1) is 5.92 Å². The summed E-state index contributed by atoms with van der Waals surface area (Å²) >= 11 is 0.